The Hall–Kier alpha value is -5.23. The summed E-state index contributed by atoms with van der Waals surface area (Å²) in [6, 6.07) is 17.3. The molecular formula is C32H32N8O4. The van der Waals surface area contributed by atoms with E-state index in [-0.39, 0.29) is 12.2 Å². The van der Waals surface area contributed by atoms with Crippen LogP contribution in [0.5, 0.6) is 0 Å². The van der Waals surface area contributed by atoms with E-state index in [1.165, 1.54) is 0 Å². The third-order valence-corrected chi connectivity index (χ3v) is 7.87. The molecule has 0 unspecified atom stereocenters. The third kappa shape index (κ3) is 5.35. The van der Waals surface area contributed by atoms with Gasteiger partial charge in [-0.15, -0.1) is 0 Å². The van der Waals surface area contributed by atoms with E-state index in [4.69, 9.17) is 14.5 Å². The van der Waals surface area contributed by atoms with Crippen LogP contribution in [0.15, 0.2) is 78.0 Å². The molecule has 3 aromatic heterocycles. The highest BCUT2D eigenvalue weighted by atomic mass is 16.6. The van der Waals surface area contributed by atoms with Gasteiger partial charge in [0.05, 0.1) is 36.4 Å². The lowest BCUT2D eigenvalue weighted by Crippen LogP contribution is -2.44. The molecule has 1 amide bonds. The van der Waals surface area contributed by atoms with Crippen molar-refractivity contribution in [1.29, 1.82) is 0 Å². The minimum absolute atomic E-state index is 0.172. The normalized spacial score (nSPS) is 15.0. The fraction of sp³-hybridized carbons (Fsp3) is 0.281. The zero-order valence-corrected chi connectivity index (χ0v) is 24.3. The van der Waals surface area contributed by atoms with Gasteiger partial charge < -0.3 is 19.7 Å². The number of nitrogens with zero attached hydrogens (tertiary/aromatic N) is 7. The third-order valence-electron chi connectivity index (χ3n) is 7.87. The Morgan fingerprint density at radius 1 is 1.00 bits per heavy atom. The summed E-state index contributed by atoms with van der Waals surface area (Å²) in [5.74, 6) is 0.384. The Kier molecular flexibility index (Phi) is 7.40. The summed E-state index contributed by atoms with van der Waals surface area (Å²) >= 11 is 0. The molecule has 0 saturated heterocycles. The van der Waals surface area contributed by atoms with Gasteiger partial charge in [-0.1, -0.05) is 42.5 Å². The molecule has 5 heterocycles. The van der Waals surface area contributed by atoms with Crippen molar-refractivity contribution in [1.82, 2.24) is 24.3 Å². The van der Waals surface area contributed by atoms with Gasteiger partial charge in [-0.2, -0.15) is 10.1 Å². The Balaban J connectivity index is 1.25. The van der Waals surface area contributed by atoms with Gasteiger partial charge >= 0.3 is 6.09 Å². The molecule has 2 aromatic carbocycles. The maximum atomic E-state index is 14.2. The molecule has 2 aliphatic heterocycles. The second-order valence-electron chi connectivity index (χ2n) is 10.8. The minimum atomic E-state index is -0.424. The predicted molar refractivity (Wildman–Crippen MR) is 167 cm³/mol. The Morgan fingerprint density at radius 3 is 2.77 bits per heavy atom. The first kappa shape index (κ1) is 27.6. The van der Waals surface area contributed by atoms with E-state index in [0.717, 1.165) is 33.6 Å². The van der Waals surface area contributed by atoms with Crippen LogP contribution < -0.4 is 20.7 Å². The van der Waals surface area contributed by atoms with Gasteiger partial charge in [-0.25, -0.2) is 9.78 Å². The van der Waals surface area contributed by atoms with Crippen LogP contribution in [0.25, 0.3) is 11.0 Å². The fourth-order valence-electron chi connectivity index (χ4n) is 5.74. The van der Waals surface area contributed by atoms with E-state index in [1.807, 2.05) is 72.6 Å². The van der Waals surface area contributed by atoms with Crippen molar-refractivity contribution < 1.29 is 14.3 Å². The van der Waals surface area contributed by atoms with Gasteiger partial charge in [0.2, 0.25) is 5.95 Å². The summed E-state index contributed by atoms with van der Waals surface area (Å²) in [6.07, 6.45) is 5.51. The van der Waals surface area contributed by atoms with Crippen molar-refractivity contribution in [2.24, 2.45) is 0 Å². The largest absolute Gasteiger partial charge is 0.444 e. The van der Waals surface area contributed by atoms with Crippen LogP contribution in [0, 0.1) is 6.92 Å². The van der Waals surface area contributed by atoms with Gasteiger partial charge in [0.25, 0.3) is 5.56 Å². The summed E-state index contributed by atoms with van der Waals surface area (Å²) in [4.78, 5) is 40.5. The van der Waals surface area contributed by atoms with E-state index >= 15 is 0 Å². The monoisotopic (exact) mass is 592 g/mol. The lowest BCUT2D eigenvalue weighted by atomic mass is 10.1. The second-order valence-corrected chi connectivity index (χ2v) is 10.8. The van der Waals surface area contributed by atoms with E-state index in [0.29, 0.717) is 63.1 Å². The summed E-state index contributed by atoms with van der Waals surface area (Å²) in [7, 11) is 0. The number of fused-ring (bicyclic) bond motifs is 4. The molecule has 7 rings (SSSR count). The van der Waals surface area contributed by atoms with Gasteiger partial charge in [-0.3, -0.25) is 18.9 Å². The van der Waals surface area contributed by atoms with Crippen molar-refractivity contribution in [3.8, 4) is 0 Å². The summed E-state index contributed by atoms with van der Waals surface area (Å²) in [6.45, 7) is 4.95. The van der Waals surface area contributed by atoms with Gasteiger partial charge in [0, 0.05) is 44.0 Å². The molecule has 12 nitrogen and oxygen atoms in total. The Bertz CT molecular complexity index is 1890. The molecule has 44 heavy (non-hydrogen) atoms. The molecule has 1 N–H and O–H groups in total. The molecule has 0 atom stereocenters. The number of hydrogen-bond donors (Lipinski definition) is 1. The lowest BCUT2D eigenvalue weighted by molar-refractivity contribution is 0.119. The maximum Gasteiger partial charge on any atom is 0.414 e. The van der Waals surface area contributed by atoms with E-state index in [9.17, 15) is 9.59 Å². The number of carbonyl (C=O) groups is 1. The molecular weight excluding hydrogens is 560 g/mol. The van der Waals surface area contributed by atoms with Crippen molar-refractivity contribution in [3.05, 3.63) is 94.7 Å². The average molecular weight is 593 g/mol. The standard InChI is InChI=1S/C32H32N8O4/c1-22-7-5-10-26-28(22)39(32(42)44-21-23-8-3-2-4-9-23)13-12-38(26)27-17-24-18-33-31-35-25-19-34-37(20-25)14-16-43-15-6-11-40(30(27)41)29(24)36-31/h2-5,7-10,17-20H,6,11-16,21H2,1H3,(H,33,35,36). The number of aromatic nitrogens is 5. The number of amides is 1. The number of para-hydroxylation sites is 1. The number of ether oxygens (including phenoxy) is 2. The van der Waals surface area contributed by atoms with Crippen molar-refractivity contribution in [2.45, 2.75) is 33.0 Å². The quantitative estimate of drug-likeness (QED) is 0.316. The molecule has 5 aromatic rings. The summed E-state index contributed by atoms with van der Waals surface area (Å²) < 4.78 is 15.0. The fourth-order valence-corrected chi connectivity index (χ4v) is 5.74. The number of aryl methyl sites for hydroxylation is 2. The molecule has 0 spiro atoms. The predicted octanol–water partition coefficient (Wildman–Crippen LogP) is 4.76. The number of carbonyl (C=O) groups excluding carboxylic acids is 1. The first-order valence-corrected chi connectivity index (χ1v) is 14.7. The highest BCUT2D eigenvalue weighted by Crippen LogP contribution is 2.40. The highest BCUT2D eigenvalue weighted by Gasteiger charge is 2.31. The minimum Gasteiger partial charge on any atom is -0.444 e. The Labute approximate surface area is 253 Å². The van der Waals surface area contributed by atoms with Crippen molar-refractivity contribution >= 4 is 45.8 Å². The number of benzene rings is 2. The Morgan fingerprint density at radius 2 is 1.89 bits per heavy atom. The first-order valence-electron chi connectivity index (χ1n) is 14.7. The summed E-state index contributed by atoms with van der Waals surface area (Å²) in [5, 5.41) is 8.28. The number of rotatable bonds is 3. The number of nitrogens with one attached hydrogen (secondary N) is 1. The van der Waals surface area contributed by atoms with E-state index in [1.54, 1.807) is 26.5 Å². The molecule has 0 fully saturated rings. The average Bonchev–Trinajstić information content (AvgIpc) is 3.49. The smallest absolute Gasteiger partial charge is 0.414 e. The van der Waals surface area contributed by atoms with Crippen LogP contribution in [0.3, 0.4) is 0 Å². The summed E-state index contributed by atoms with van der Waals surface area (Å²) in [5.41, 5.74) is 4.92. The van der Waals surface area contributed by atoms with Crippen LogP contribution in [0.4, 0.5) is 33.5 Å². The number of pyridine rings is 1. The molecule has 224 valence electrons. The van der Waals surface area contributed by atoms with Crippen LogP contribution in [-0.2, 0) is 29.2 Å². The van der Waals surface area contributed by atoms with Crippen molar-refractivity contribution in [2.75, 3.05) is 41.4 Å². The number of hydrogen-bond acceptors (Lipinski definition) is 9. The van der Waals surface area contributed by atoms with Crippen LogP contribution in [0.2, 0.25) is 0 Å². The molecule has 4 bridgehead atoms. The molecule has 2 aliphatic rings. The molecule has 0 radical (unpaired) electrons. The molecule has 0 saturated carbocycles. The van der Waals surface area contributed by atoms with Gasteiger partial charge in [-0.05, 0) is 36.6 Å². The SMILES string of the molecule is Cc1cccc2c1N(C(=O)OCc1ccccc1)CCN2c1cc2cnc3nc2n(c1=O)CCCOCCn1cc(cn1)N3. The second kappa shape index (κ2) is 11.8. The van der Waals surface area contributed by atoms with Gasteiger partial charge in [0.15, 0.2) is 0 Å². The topological polar surface area (TPSA) is 120 Å². The zero-order chi connectivity index (χ0) is 30.0. The van der Waals surface area contributed by atoms with Crippen LogP contribution in [0.1, 0.15) is 17.5 Å². The lowest BCUT2D eigenvalue weighted by Gasteiger charge is -2.38. The zero-order valence-electron chi connectivity index (χ0n) is 24.3. The van der Waals surface area contributed by atoms with Gasteiger partial charge in [0.1, 0.15) is 17.9 Å². The highest BCUT2D eigenvalue weighted by molar-refractivity contribution is 5.97. The molecule has 0 aliphatic carbocycles. The molecule has 12 heteroatoms. The number of anilines is 5. The van der Waals surface area contributed by atoms with E-state index < -0.39 is 6.09 Å². The van der Waals surface area contributed by atoms with Crippen molar-refractivity contribution in [3.63, 3.8) is 0 Å². The first-order chi connectivity index (χ1) is 21.5. The van der Waals surface area contributed by atoms with Crippen LogP contribution in [-0.4, -0.2) is 56.7 Å². The van der Waals surface area contributed by atoms with Crippen LogP contribution >= 0.6 is 0 Å². The maximum absolute atomic E-state index is 14.2. The van der Waals surface area contributed by atoms with E-state index in [2.05, 4.69) is 15.4 Å².